The van der Waals surface area contributed by atoms with E-state index in [-0.39, 0.29) is 11.6 Å². The third kappa shape index (κ3) is 1.54. The van der Waals surface area contributed by atoms with Crippen LogP contribution in [0.5, 0.6) is 0 Å². The highest BCUT2D eigenvalue weighted by Crippen LogP contribution is 2.32. The lowest BCUT2D eigenvalue weighted by Gasteiger charge is -2.29. The molecule has 1 atom stereocenters. The maximum absolute atomic E-state index is 11.3. The second kappa shape index (κ2) is 2.96. The lowest BCUT2D eigenvalue weighted by Crippen LogP contribution is -2.42. The van der Waals surface area contributed by atoms with Crippen LogP contribution in [0.4, 0.5) is 4.79 Å². The molecule has 1 heterocycles. The van der Waals surface area contributed by atoms with Gasteiger partial charge in [0.2, 0.25) is 0 Å². The van der Waals surface area contributed by atoms with Crippen molar-refractivity contribution in [3.05, 3.63) is 0 Å². The summed E-state index contributed by atoms with van der Waals surface area (Å²) in [6.07, 6.45) is 0.853. The summed E-state index contributed by atoms with van der Waals surface area (Å²) < 4.78 is 4.71. The molecule has 12 heavy (non-hydrogen) atoms. The highest BCUT2D eigenvalue weighted by molar-refractivity contribution is 5.68. The van der Waals surface area contributed by atoms with Gasteiger partial charge in [0.05, 0.1) is 7.11 Å². The van der Waals surface area contributed by atoms with Crippen molar-refractivity contribution in [2.24, 2.45) is 5.92 Å². The fourth-order valence-corrected chi connectivity index (χ4v) is 2.02. The van der Waals surface area contributed by atoms with Gasteiger partial charge in [0, 0.05) is 12.1 Å². The molecule has 0 aromatic rings. The molecule has 1 rings (SSSR count). The molecule has 0 aliphatic carbocycles. The van der Waals surface area contributed by atoms with Crippen molar-refractivity contribution < 1.29 is 9.53 Å². The number of hydrogen-bond acceptors (Lipinski definition) is 2. The van der Waals surface area contributed by atoms with E-state index in [9.17, 15) is 4.79 Å². The Morgan fingerprint density at radius 1 is 1.58 bits per heavy atom. The Balaban J connectivity index is 2.71. The van der Waals surface area contributed by atoms with E-state index in [1.165, 1.54) is 7.11 Å². The summed E-state index contributed by atoms with van der Waals surface area (Å²) in [6, 6.07) is 0. The monoisotopic (exact) mass is 171 g/mol. The number of methoxy groups -OCH3 is 1. The Hall–Kier alpha value is -0.730. The largest absolute Gasteiger partial charge is 0.453 e. The van der Waals surface area contributed by atoms with Crippen molar-refractivity contribution in [2.45, 2.75) is 32.7 Å². The Bertz CT molecular complexity index is 189. The summed E-state index contributed by atoms with van der Waals surface area (Å²) >= 11 is 0. The molecule has 1 amide bonds. The summed E-state index contributed by atoms with van der Waals surface area (Å²) in [7, 11) is 1.43. The summed E-state index contributed by atoms with van der Waals surface area (Å²) in [6.45, 7) is 7.13. The first-order valence-corrected chi connectivity index (χ1v) is 4.33. The van der Waals surface area contributed by atoms with Crippen LogP contribution in [-0.4, -0.2) is 30.2 Å². The standard InChI is InChI=1S/C9H17NO2/c1-7-5-9(2,3)10(6-7)8(11)12-4/h7H,5-6H2,1-4H3. The molecular weight excluding hydrogens is 154 g/mol. The van der Waals surface area contributed by atoms with E-state index in [4.69, 9.17) is 4.74 Å². The van der Waals surface area contributed by atoms with Crippen LogP contribution in [0.25, 0.3) is 0 Å². The SMILES string of the molecule is COC(=O)N1CC(C)CC1(C)C. The minimum atomic E-state index is -0.204. The van der Waals surface area contributed by atoms with Crippen molar-refractivity contribution in [2.75, 3.05) is 13.7 Å². The molecule has 0 aromatic heterocycles. The minimum Gasteiger partial charge on any atom is -0.453 e. The van der Waals surface area contributed by atoms with Gasteiger partial charge in [0.25, 0.3) is 0 Å². The molecule has 0 saturated carbocycles. The number of nitrogens with zero attached hydrogens (tertiary/aromatic N) is 1. The van der Waals surface area contributed by atoms with Gasteiger partial charge in [-0.25, -0.2) is 4.79 Å². The van der Waals surface area contributed by atoms with Crippen molar-refractivity contribution in [3.8, 4) is 0 Å². The van der Waals surface area contributed by atoms with Crippen LogP contribution in [0.3, 0.4) is 0 Å². The fourth-order valence-electron chi connectivity index (χ4n) is 2.02. The van der Waals surface area contributed by atoms with Gasteiger partial charge >= 0.3 is 6.09 Å². The number of hydrogen-bond donors (Lipinski definition) is 0. The zero-order valence-corrected chi connectivity index (χ0v) is 8.26. The van der Waals surface area contributed by atoms with Gasteiger partial charge in [-0.15, -0.1) is 0 Å². The van der Waals surface area contributed by atoms with Crippen LogP contribution < -0.4 is 0 Å². The quantitative estimate of drug-likeness (QED) is 0.557. The summed E-state index contributed by atoms with van der Waals surface area (Å²) in [5.41, 5.74) is -0.0352. The predicted molar refractivity (Wildman–Crippen MR) is 47.0 cm³/mol. The van der Waals surface area contributed by atoms with Crippen LogP contribution in [0, 0.1) is 5.92 Å². The van der Waals surface area contributed by atoms with Crippen LogP contribution >= 0.6 is 0 Å². The number of carbonyl (C=O) groups excluding carboxylic acids is 1. The number of carbonyl (C=O) groups is 1. The maximum atomic E-state index is 11.3. The van der Waals surface area contributed by atoms with Gasteiger partial charge in [0.1, 0.15) is 0 Å². The van der Waals surface area contributed by atoms with Crippen molar-refractivity contribution in [1.82, 2.24) is 4.90 Å². The van der Waals surface area contributed by atoms with E-state index in [1.807, 2.05) is 0 Å². The molecule has 1 unspecified atom stereocenters. The first kappa shape index (κ1) is 9.36. The molecular formula is C9H17NO2. The fraction of sp³-hybridized carbons (Fsp3) is 0.889. The Kier molecular flexibility index (Phi) is 2.31. The normalized spacial score (nSPS) is 27.3. The average molecular weight is 171 g/mol. The molecule has 0 spiro atoms. The molecule has 3 nitrogen and oxygen atoms in total. The maximum Gasteiger partial charge on any atom is 0.409 e. The van der Waals surface area contributed by atoms with Gasteiger partial charge in [-0.2, -0.15) is 0 Å². The minimum absolute atomic E-state index is 0.0352. The first-order valence-electron chi connectivity index (χ1n) is 4.33. The number of amides is 1. The number of rotatable bonds is 0. The van der Waals surface area contributed by atoms with Gasteiger partial charge in [-0.1, -0.05) is 6.92 Å². The third-order valence-electron chi connectivity index (χ3n) is 2.47. The van der Waals surface area contributed by atoms with Gasteiger partial charge in [-0.05, 0) is 26.2 Å². The molecule has 3 heteroatoms. The van der Waals surface area contributed by atoms with Gasteiger partial charge in [0.15, 0.2) is 0 Å². The number of ether oxygens (including phenoxy) is 1. The van der Waals surface area contributed by atoms with E-state index in [1.54, 1.807) is 4.90 Å². The molecule has 1 aliphatic rings. The smallest absolute Gasteiger partial charge is 0.409 e. The Morgan fingerprint density at radius 2 is 2.17 bits per heavy atom. The first-order chi connectivity index (χ1) is 5.47. The average Bonchev–Trinajstić information content (AvgIpc) is 2.23. The van der Waals surface area contributed by atoms with E-state index < -0.39 is 0 Å². The summed E-state index contributed by atoms with van der Waals surface area (Å²) in [4.78, 5) is 13.1. The topological polar surface area (TPSA) is 29.5 Å². The molecule has 0 aromatic carbocycles. The van der Waals surface area contributed by atoms with E-state index in [0.29, 0.717) is 5.92 Å². The number of likely N-dealkylation sites (tertiary alicyclic amines) is 1. The molecule has 1 aliphatic heterocycles. The summed E-state index contributed by atoms with van der Waals surface area (Å²) in [5.74, 6) is 0.582. The second-order valence-electron chi connectivity index (χ2n) is 4.20. The van der Waals surface area contributed by atoms with Crippen molar-refractivity contribution in [3.63, 3.8) is 0 Å². The summed E-state index contributed by atoms with van der Waals surface area (Å²) in [5, 5.41) is 0. The highest BCUT2D eigenvalue weighted by atomic mass is 16.5. The predicted octanol–water partition coefficient (Wildman–Crippen LogP) is 1.87. The van der Waals surface area contributed by atoms with Crippen molar-refractivity contribution >= 4 is 6.09 Å². The Labute approximate surface area is 73.7 Å². The van der Waals surface area contributed by atoms with E-state index >= 15 is 0 Å². The lowest BCUT2D eigenvalue weighted by molar-refractivity contribution is 0.0982. The molecule has 0 radical (unpaired) electrons. The van der Waals surface area contributed by atoms with Crippen LogP contribution in [0.15, 0.2) is 0 Å². The molecule has 0 bridgehead atoms. The molecule has 1 fully saturated rings. The van der Waals surface area contributed by atoms with Crippen LogP contribution in [0.2, 0.25) is 0 Å². The van der Waals surface area contributed by atoms with E-state index in [2.05, 4.69) is 20.8 Å². The third-order valence-corrected chi connectivity index (χ3v) is 2.47. The molecule has 1 saturated heterocycles. The lowest BCUT2D eigenvalue weighted by atomic mass is 9.98. The van der Waals surface area contributed by atoms with Crippen LogP contribution in [0.1, 0.15) is 27.2 Å². The molecule has 70 valence electrons. The Morgan fingerprint density at radius 3 is 2.50 bits per heavy atom. The zero-order chi connectivity index (χ0) is 9.35. The molecule has 0 N–H and O–H groups in total. The van der Waals surface area contributed by atoms with Gasteiger partial charge < -0.3 is 9.64 Å². The second-order valence-corrected chi connectivity index (χ2v) is 4.20. The van der Waals surface area contributed by atoms with E-state index in [0.717, 1.165) is 13.0 Å². The van der Waals surface area contributed by atoms with Gasteiger partial charge in [-0.3, -0.25) is 0 Å². The van der Waals surface area contributed by atoms with Crippen molar-refractivity contribution in [1.29, 1.82) is 0 Å². The zero-order valence-electron chi connectivity index (χ0n) is 8.26. The highest BCUT2D eigenvalue weighted by Gasteiger charge is 2.39. The van der Waals surface area contributed by atoms with Crippen LogP contribution in [-0.2, 0) is 4.74 Å².